The van der Waals surface area contributed by atoms with Crippen LogP contribution in [0.15, 0.2) is 42.5 Å². The van der Waals surface area contributed by atoms with Crippen molar-refractivity contribution in [3.63, 3.8) is 0 Å². The predicted molar refractivity (Wildman–Crippen MR) is 86.4 cm³/mol. The van der Waals surface area contributed by atoms with Crippen LogP contribution < -0.4 is 10.1 Å². The molecule has 1 amide bonds. The average Bonchev–Trinajstić information content (AvgIpc) is 2.49. The molecule has 0 bridgehead atoms. The van der Waals surface area contributed by atoms with E-state index in [1.165, 1.54) is 0 Å². The Morgan fingerprint density at radius 2 is 1.90 bits per heavy atom. The van der Waals surface area contributed by atoms with E-state index in [9.17, 15) is 4.79 Å². The molecule has 0 aliphatic rings. The fourth-order valence-corrected chi connectivity index (χ4v) is 2.14. The molecule has 2 rings (SSSR count). The number of hydrogen-bond acceptors (Lipinski definition) is 2. The van der Waals surface area contributed by atoms with Gasteiger partial charge in [0.05, 0.1) is 10.0 Å². The molecule has 0 unspecified atom stereocenters. The Bertz CT molecular complexity index is 644. The Labute approximate surface area is 133 Å². The van der Waals surface area contributed by atoms with Gasteiger partial charge in [-0.2, -0.15) is 0 Å². The van der Waals surface area contributed by atoms with Crippen molar-refractivity contribution in [1.29, 1.82) is 0 Å². The van der Waals surface area contributed by atoms with Crippen molar-refractivity contribution >= 4 is 34.8 Å². The number of rotatable bonds is 5. The highest BCUT2D eigenvalue weighted by molar-refractivity contribution is 6.42. The Morgan fingerprint density at radius 3 is 2.62 bits per heavy atom. The first-order valence-corrected chi connectivity index (χ1v) is 7.31. The van der Waals surface area contributed by atoms with Crippen LogP contribution in [0.25, 0.3) is 0 Å². The van der Waals surface area contributed by atoms with E-state index in [2.05, 4.69) is 5.32 Å². The summed E-state index contributed by atoms with van der Waals surface area (Å²) in [4.78, 5) is 11.9. The molecule has 0 aliphatic heterocycles. The minimum atomic E-state index is -0.220. The van der Waals surface area contributed by atoms with E-state index in [-0.39, 0.29) is 12.5 Å². The lowest BCUT2D eigenvalue weighted by molar-refractivity contribution is -0.118. The van der Waals surface area contributed by atoms with Crippen molar-refractivity contribution in [2.45, 2.75) is 13.3 Å². The lowest BCUT2D eigenvalue weighted by Gasteiger charge is -2.11. The van der Waals surface area contributed by atoms with Crippen molar-refractivity contribution in [3.8, 4) is 5.75 Å². The number of aryl methyl sites for hydroxylation is 1. The maximum absolute atomic E-state index is 11.9. The largest absolute Gasteiger partial charge is 0.484 e. The minimum absolute atomic E-state index is 0.0873. The molecule has 0 saturated heterocycles. The molecule has 21 heavy (non-hydrogen) atoms. The molecule has 1 N–H and O–H groups in total. The van der Waals surface area contributed by atoms with Gasteiger partial charge in [0.2, 0.25) is 0 Å². The molecule has 0 heterocycles. The monoisotopic (exact) mass is 323 g/mol. The van der Waals surface area contributed by atoms with Crippen LogP contribution in [0, 0.1) is 0 Å². The molecule has 5 heteroatoms. The van der Waals surface area contributed by atoms with Gasteiger partial charge < -0.3 is 10.1 Å². The van der Waals surface area contributed by atoms with Crippen LogP contribution >= 0.6 is 23.2 Å². The smallest absolute Gasteiger partial charge is 0.262 e. The highest BCUT2D eigenvalue weighted by Gasteiger charge is 2.07. The van der Waals surface area contributed by atoms with Gasteiger partial charge in [-0.05, 0) is 30.2 Å². The fourth-order valence-electron chi connectivity index (χ4n) is 1.85. The zero-order valence-corrected chi connectivity index (χ0v) is 13.0. The van der Waals surface area contributed by atoms with Crippen LogP contribution in [0.1, 0.15) is 12.5 Å². The summed E-state index contributed by atoms with van der Waals surface area (Å²) in [6, 6.07) is 12.6. The number of amides is 1. The second-order valence-corrected chi connectivity index (χ2v) is 5.24. The van der Waals surface area contributed by atoms with Gasteiger partial charge in [0.25, 0.3) is 5.91 Å². The van der Waals surface area contributed by atoms with Crippen LogP contribution in [0.2, 0.25) is 10.0 Å². The fraction of sp³-hybridized carbons (Fsp3) is 0.188. The molecule has 0 aliphatic carbocycles. The number of benzene rings is 2. The number of anilines is 1. The van der Waals surface area contributed by atoms with E-state index in [4.69, 9.17) is 27.9 Å². The van der Waals surface area contributed by atoms with Gasteiger partial charge >= 0.3 is 0 Å². The lowest BCUT2D eigenvalue weighted by Crippen LogP contribution is -2.20. The van der Waals surface area contributed by atoms with E-state index in [1.54, 1.807) is 18.2 Å². The first kappa shape index (κ1) is 15.7. The van der Waals surface area contributed by atoms with E-state index in [0.717, 1.165) is 17.7 Å². The van der Waals surface area contributed by atoms with Crippen molar-refractivity contribution in [2.24, 2.45) is 0 Å². The topological polar surface area (TPSA) is 38.3 Å². The SMILES string of the molecule is CCc1ccccc1NC(=O)COc1ccc(Cl)c(Cl)c1. The predicted octanol–water partition coefficient (Wildman–Crippen LogP) is 4.57. The third-order valence-corrected chi connectivity index (χ3v) is 3.67. The van der Waals surface area contributed by atoms with Crippen LogP contribution in [0.5, 0.6) is 5.75 Å². The maximum atomic E-state index is 11.9. The summed E-state index contributed by atoms with van der Waals surface area (Å²) < 4.78 is 5.39. The Hall–Kier alpha value is -1.71. The molecule has 110 valence electrons. The second kappa shape index (κ2) is 7.34. The molecule has 0 aromatic heterocycles. The number of halogens is 2. The first-order valence-electron chi connectivity index (χ1n) is 6.55. The van der Waals surface area contributed by atoms with Crippen LogP contribution in [-0.4, -0.2) is 12.5 Å². The summed E-state index contributed by atoms with van der Waals surface area (Å²) in [7, 11) is 0. The average molecular weight is 324 g/mol. The van der Waals surface area contributed by atoms with Crippen LogP contribution in [0.3, 0.4) is 0 Å². The minimum Gasteiger partial charge on any atom is -0.484 e. The van der Waals surface area contributed by atoms with Crippen molar-refractivity contribution in [1.82, 2.24) is 0 Å². The number of ether oxygens (including phenoxy) is 1. The molecule has 2 aromatic carbocycles. The number of nitrogens with one attached hydrogen (secondary N) is 1. The summed E-state index contributed by atoms with van der Waals surface area (Å²) in [5.74, 6) is 0.283. The Kier molecular flexibility index (Phi) is 5.48. The summed E-state index contributed by atoms with van der Waals surface area (Å²) in [5, 5.41) is 3.68. The van der Waals surface area contributed by atoms with Gasteiger partial charge in [-0.3, -0.25) is 4.79 Å². The quantitative estimate of drug-likeness (QED) is 0.875. The van der Waals surface area contributed by atoms with E-state index in [1.807, 2.05) is 31.2 Å². The van der Waals surface area contributed by atoms with Gasteiger partial charge in [0.15, 0.2) is 6.61 Å². The van der Waals surface area contributed by atoms with Crippen LogP contribution in [-0.2, 0) is 11.2 Å². The standard InChI is InChI=1S/C16H15Cl2NO2/c1-2-11-5-3-4-6-15(11)19-16(20)10-21-12-7-8-13(17)14(18)9-12/h3-9H,2,10H2,1H3,(H,19,20). The highest BCUT2D eigenvalue weighted by Crippen LogP contribution is 2.26. The Morgan fingerprint density at radius 1 is 1.14 bits per heavy atom. The molecule has 0 atom stereocenters. The summed E-state index contributed by atoms with van der Waals surface area (Å²) in [6.07, 6.45) is 0.851. The second-order valence-electron chi connectivity index (χ2n) is 4.42. The van der Waals surface area contributed by atoms with Gasteiger partial charge in [0.1, 0.15) is 5.75 Å². The normalized spacial score (nSPS) is 10.2. The van der Waals surface area contributed by atoms with Gasteiger partial charge in [-0.25, -0.2) is 0 Å². The van der Waals surface area contributed by atoms with E-state index < -0.39 is 0 Å². The van der Waals surface area contributed by atoms with Crippen LogP contribution in [0.4, 0.5) is 5.69 Å². The Balaban J connectivity index is 1.94. The summed E-state index contributed by atoms with van der Waals surface area (Å²) in [6.45, 7) is 1.95. The molecule has 2 aromatic rings. The number of para-hydroxylation sites is 1. The van der Waals surface area contributed by atoms with Crippen molar-refractivity contribution in [2.75, 3.05) is 11.9 Å². The van der Waals surface area contributed by atoms with Gasteiger partial charge in [-0.15, -0.1) is 0 Å². The molecular weight excluding hydrogens is 309 g/mol. The lowest BCUT2D eigenvalue weighted by atomic mass is 10.1. The zero-order chi connectivity index (χ0) is 15.2. The zero-order valence-electron chi connectivity index (χ0n) is 11.5. The van der Waals surface area contributed by atoms with E-state index >= 15 is 0 Å². The van der Waals surface area contributed by atoms with Crippen molar-refractivity contribution < 1.29 is 9.53 Å². The molecule has 0 fully saturated rings. The number of carbonyl (C=O) groups excluding carboxylic acids is 1. The molecule has 0 radical (unpaired) electrons. The number of carbonyl (C=O) groups is 1. The molecule has 0 saturated carbocycles. The molecular formula is C16H15Cl2NO2. The summed E-state index contributed by atoms with van der Waals surface area (Å²) in [5.41, 5.74) is 1.89. The number of hydrogen-bond donors (Lipinski definition) is 1. The third kappa shape index (κ3) is 4.38. The first-order chi connectivity index (χ1) is 10.1. The molecule has 0 spiro atoms. The van der Waals surface area contributed by atoms with Gasteiger partial charge in [-0.1, -0.05) is 48.3 Å². The highest BCUT2D eigenvalue weighted by atomic mass is 35.5. The summed E-state index contributed by atoms with van der Waals surface area (Å²) >= 11 is 11.7. The van der Waals surface area contributed by atoms with Crippen molar-refractivity contribution in [3.05, 3.63) is 58.1 Å². The van der Waals surface area contributed by atoms with E-state index in [0.29, 0.717) is 15.8 Å². The molecule has 3 nitrogen and oxygen atoms in total. The van der Waals surface area contributed by atoms with Gasteiger partial charge in [0, 0.05) is 11.8 Å². The maximum Gasteiger partial charge on any atom is 0.262 e. The third-order valence-electron chi connectivity index (χ3n) is 2.93.